The van der Waals surface area contributed by atoms with E-state index < -0.39 is 5.67 Å². The van der Waals surface area contributed by atoms with Gasteiger partial charge in [-0.05, 0) is 54.8 Å². The van der Waals surface area contributed by atoms with E-state index in [1.807, 2.05) is 35.9 Å². The molecule has 1 fully saturated rings. The normalized spacial score (nSPS) is 21.2. The Labute approximate surface area is 192 Å². The van der Waals surface area contributed by atoms with Gasteiger partial charge in [0.2, 0.25) is 0 Å². The number of aryl methyl sites for hydroxylation is 1. The van der Waals surface area contributed by atoms with Gasteiger partial charge in [-0.3, -0.25) is 4.90 Å². The maximum absolute atomic E-state index is 15.6. The maximum atomic E-state index is 15.6. The van der Waals surface area contributed by atoms with Crippen molar-refractivity contribution in [1.82, 2.24) is 9.55 Å². The van der Waals surface area contributed by atoms with Gasteiger partial charge in [-0.2, -0.15) is 0 Å². The van der Waals surface area contributed by atoms with Crippen LogP contribution in [0.3, 0.4) is 0 Å². The van der Waals surface area contributed by atoms with Crippen molar-refractivity contribution in [3.05, 3.63) is 83.7 Å². The van der Waals surface area contributed by atoms with Crippen molar-refractivity contribution >= 4 is 12.0 Å². The minimum atomic E-state index is -1.53. The zero-order valence-electron chi connectivity index (χ0n) is 18.9. The third-order valence-electron chi connectivity index (χ3n) is 6.21. The summed E-state index contributed by atoms with van der Waals surface area (Å²) in [5, 5.41) is 0. The summed E-state index contributed by atoms with van der Waals surface area (Å²) in [7, 11) is 1.60. The standard InChI is InChI=1S/C26H27F2N3O2/c1-19-17-31(18-29-19)23-10-4-20(16-24(23)33-2)5-11-25(32)30-14-3-12-26(28,13-15-30)21-6-8-22(27)9-7-21/h4-11,16-18H,3,12-15H2,1-2H3/p+1. The van der Waals surface area contributed by atoms with Crippen LogP contribution < -0.4 is 9.64 Å². The number of likely N-dealkylation sites (tertiary alicyclic amines) is 1. The molecular formula is C26H28F2N3O2+. The fourth-order valence-corrected chi connectivity index (χ4v) is 4.32. The van der Waals surface area contributed by atoms with Crippen LogP contribution in [0.15, 0.2) is 61.1 Å². The highest BCUT2D eigenvalue weighted by atomic mass is 19.1. The second kappa shape index (κ2) is 9.67. The number of nitrogens with one attached hydrogen (secondary N) is 1. The van der Waals surface area contributed by atoms with E-state index in [2.05, 4.69) is 4.98 Å². The number of carbonyl (C=O) groups is 1. The summed E-state index contributed by atoms with van der Waals surface area (Å²) in [5.74, 6) is 0.214. The van der Waals surface area contributed by atoms with Crippen LogP contribution in [0.5, 0.6) is 5.75 Å². The molecule has 7 heteroatoms. The Morgan fingerprint density at radius 1 is 1.18 bits per heavy atom. The molecule has 172 valence electrons. The van der Waals surface area contributed by atoms with Crippen molar-refractivity contribution in [2.45, 2.75) is 31.9 Å². The van der Waals surface area contributed by atoms with Crippen LogP contribution in [0.4, 0.5) is 8.78 Å². The monoisotopic (exact) mass is 452 g/mol. The molecule has 0 bridgehead atoms. The number of benzene rings is 2. The zero-order valence-corrected chi connectivity index (χ0v) is 18.9. The molecule has 2 heterocycles. The molecule has 1 aliphatic rings. The molecule has 2 unspecified atom stereocenters. The number of imidazole rings is 1. The van der Waals surface area contributed by atoms with Crippen molar-refractivity contribution in [3.8, 4) is 11.4 Å². The van der Waals surface area contributed by atoms with Gasteiger partial charge in [0.15, 0.2) is 0 Å². The Bertz CT molecular complexity index is 1160. The quantitative estimate of drug-likeness (QED) is 0.599. The largest absolute Gasteiger partial charge is 0.495 e. The lowest BCUT2D eigenvalue weighted by Gasteiger charge is -2.23. The first kappa shape index (κ1) is 22.9. The summed E-state index contributed by atoms with van der Waals surface area (Å²) in [5.41, 5.74) is 1.55. The van der Waals surface area contributed by atoms with Gasteiger partial charge in [-0.15, -0.1) is 0 Å². The van der Waals surface area contributed by atoms with E-state index in [1.165, 1.54) is 24.3 Å². The minimum Gasteiger partial charge on any atom is -0.495 e. The van der Waals surface area contributed by atoms with Gasteiger partial charge in [0.05, 0.1) is 37.9 Å². The highest BCUT2D eigenvalue weighted by Gasteiger charge is 2.37. The number of hydrogen-bond acceptors (Lipinski definition) is 3. The van der Waals surface area contributed by atoms with Crippen LogP contribution in [-0.2, 0) is 10.5 Å². The van der Waals surface area contributed by atoms with E-state index in [0.717, 1.165) is 21.8 Å². The maximum Gasteiger partial charge on any atom is 0.337 e. The number of halogens is 2. The summed E-state index contributed by atoms with van der Waals surface area (Å²) in [6.07, 6.45) is 8.08. The van der Waals surface area contributed by atoms with Crippen molar-refractivity contribution < 1.29 is 23.2 Å². The van der Waals surface area contributed by atoms with Gasteiger partial charge in [-0.25, -0.2) is 18.6 Å². The molecule has 1 N–H and O–H groups in total. The van der Waals surface area contributed by atoms with Gasteiger partial charge in [-0.1, -0.05) is 18.2 Å². The van der Waals surface area contributed by atoms with E-state index in [9.17, 15) is 9.18 Å². The molecule has 33 heavy (non-hydrogen) atoms. The van der Waals surface area contributed by atoms with Crippen LogP contribution in [0.25, 0.3) is 11.8 Å². The highest BCUT2D eigenvalue weighted by Crippen LogP contribution is 2.35. The molecule has 0 saturated carbocycles. The number of nitrogens with zero attached hydrogens (tertiary/aromatic N) is 2. The summed E-state index contributed by atoms with van der Waals surface area (Å²) in [6, 6.07) is 11.3. The van der Waals surface area contributed by atoms with Crippen LogP contribution in [-0.4, -0.2) is 35.7 Å². The number of aromatic nitrogens is 2. The molecule has 1 saturated heterocycles. The number of hydrogen-bond donors (Lipinski definition) is 1. The molecule has 1 aliphatic heterocycles. The van der Waals surface area contributed by atoms with Crippen molar-refractivity contribution in [2.75, 3.05) is 20.2 Å². The predicted octanol–water partition coefficient (Wildman–Crippen LogP) is 3.80. The number of quaternary nitrogens is 1. The molecule has 2 atom stereocenters. The van der Waals surface area contributed by atoms with Crippen LogP contribution >= 0.6 is 0 Å². The third-order valence-corrected chi connectivity index (χ3v) is 6.21. The zero-order chi connectivity index (χ0) is 23.4. The Morgan fingerprint density at radius 2 is 1.97 bits per heavy atom. The summed E-state index contributed by atoms with van der Waals surface area (Å²) in [6.45, 7) is 2.88. The first-order valence-corrected chi connectivity index (χ1v) is 11.1. The first-order chi connectivity index (χ1) is 15.9. The number of ether oxygens (including phenoxy) is 1. The van der Waals surface area contributed by atoms with Gasteiger partial charge < -0.3 is 9.30 Å². The van der Waals surface area contributed by atoms with Gasteiger partial charge in [0, 0.05) is 25.1 Å². The molecule has 0 radical (unpaired) electrons. The molecule has 2 aromatic carbocycles. The fraction of sp³-hybridized carbons (Fsp3) is 0.308. The second-order valence-corrected chi connectivity index (χ2v) is 8.48. The summed E-state index contributed by atoms with van der Waals surface area (Å²) < 4.78 is 36.2. The van der Waals surface area contributed by atoms with Crippen LogP contribution in [0, 0.1) is 12.7 Å². The van der Waals surface area contributed by atoms with Gasteiger partial charge in [0.1, 0.15) is 17.2 Å². The topological polar surface area (TPSA) is 48.6 Å². The molecule has 1 amide bonds. The molecule has 1 aromatic heterocycles. The van der Waals surface area contributed by atoms with E-state index in [-0.39, 0.29) is 18.1 Å². The molecule has 5 nitrogen and oxygen atoms in total. The number of amides is 1. The first-order valence-electron chi connectivity index (χ1n) is 11.1. The van der Waals surface area contributed by atoms with Crippen molar-refractivity contribution in [1.29, 1.82) is 0 Å². The lowest BCUT2D eigenvalue weighted by atomic mass is 9.89. The summed E-state index contributed by atoms with van der Waals surface area (Å²) in [4.78, 5) is 17.8. The third kappa shape index (κ3) is 5.20. The molecule has 4 rings (SSSR count). The number of alkyl halides is 1. The average molecular weight is 453 g/mol. The predicted molar refractivity (Wildman–Crippen MR) is 123 cm³/mol. The Morgan fingerprint density at radius 3 is 2.67 bits per heavy atom. The molecule has 0 spiro atoms. The van der Waals surface area contributed by atoms with Crippen molar-refractivity contribution in [3.63, 3.8) is 0 Å². The molecule has 0 aliphatic carbocycles. The average Bonchev–Trinajstić information content (AvgIpc) is 3.15. The summed E-state index contributed by atoms with van der Waals surface area (Å²) >= 11 is 0. The van der Waals surface area contributed by atoms with Crippen LogP contribution in [0.2, 0.25) is 0 Å². The second-order valence-electron chi connectivity index (χ2n) is 8.48. The lowest BCUT2D eigenvalue weighted by molar-refractivity contribution is -0.817. The van der Waals surface area contributed by atoms with Crippen LogP contribution in [0.1, 0.15) is 36.1 Å². The fourth-order valence-electron chi connectivity index (χ4n) is 4.32. The lowest BCUT2D eigenvalue weighted by Crippen LogP contribution is -3.14. The van der Waals surface area contributed by atoms with Crippen molar-refractivity contribution in [2.24, 2.45) is 0 Å². The molecule has 3 aromatic rings. The van der Waals surface area contributed by atoms with E-state index in [0.29, 0.717) is 37.2 Å². The Kier molecular flexibility index (Phi) is 6.70. The SMILES string of the molecule is COc1cc(C=CC(=O)[NH+]2CCCC(F)(c3ccc(F)cc3)CC2)ccc1-n1cnc(C)c1. The van der Waals surface area contributed by atoms with E-state index >= 15 is 4.39 Å². The van der Waals surface area contributed by atoms with Gasteiger partial charge >= 0.3 is 5.91 Å². The smallest absolute Gasteiger partial charge is 0.337 e. The molecular weight excluding hydrogens is 424 g/mol. The Hall–Kier alpha value is -3.32. The number of carbonyl (C=O) groups excluding carboxylic acids is 1. The Balaban J connectivity index is 1.43. The minimum absolute atomic E-state index is 0.0772. The van der Waals surface area contributed by atoms with E-state index in [4.69, 9.17) is 4.74 Å². The van der Waals surface area contributed by atoms with E-state index in [1.54, 1.807) is 25.6 Å². The van der Waals surface area contributed by atoms with Gasteiger partial charge in [0.25, 0.3) is 0 Å². The number of rotatable bonds is 5. The highest BCUT2D eigenvalue weighted by molar-refractivity contribution is 5.85. The number of methoxy groups -OCH3 is 1.